The lowest BCUT2D eigenvalue weighted by Crippen LogP contribution is -2.00. The second-order valence-electron chi connectivity index (χ2n) is 3.81. The number of nitrogen functional groups attached to an aromatic ring is 1. The molecular weight excluding hydrogens is 285 g/mol. The van der Waals surface area contributed by atoms with E-state index < -0.39 is 0 Å². The quantitative estimate of drug-likeness (QED) is 0.450. The number of carbonyl (C=O) groups is 1. The number of halogens is 1. The van der Waals surface area contributed by atoms with Gasteiger partial charge in [-0.2, -0.15) is 0 Å². The van der Waals surface area contributed by atoms with Crippen LogP contribution in [0.15, 0.2) is 48.5 Å². The molecule has 0 atom stereocenters. The van der Waals surface area contributed by atoms with Crippen LogP contribution in [0.4, 0.5) is 10.1 Å². The standard InChI is InChI=1S/C9H9NO2.C6H6FN.CH5N/c1-12-9(11)8-4-2-7(6-10)3-5-8;7-5-1-3-6(8)4-2-5;1-2/h2-6,10H,1H3;1-4H,8H2;2H2,1H3. The third kappa shape index (κ3) is 7.16. The first kappa shape index (κ1) is 19.3. The minimum absolute atomic E-state index is 0.251. The van der Waals surface area contributed by atoms with E-state index in [0.29, 0.717) is 11.3 Å². The van der Waals surface area contributed by atoms with Crippen LogP contribution in [0.3, 0.4) is 0 Å². The van der Waals surface area contributed by atoms with Crippen molar-refractivity contribution in [1.82, 2.24) is 0 Å². The van der Waals surface area contributed by atoms with E-state index in [2.05, 4.69) is 10.5 Å². The maximum atomic E-state index is 12.0. The largest absolute Gasteiger partial charge is 0.465 e. The molecule has 0 fully saturated rings. The molecule has 0 bridgehead atoms. The zero-order valence-electron chi connectivity index (χ0n) is 12.5. The first-order chi connectivity index (χ1) is 10.6. The van der Waals surface area contributed by atoms with Crippen molar-refractivity contribution in [2.24, 2.45) is 5.73 Å². The first-order valence-corrected chi connectivity index (χ1v) is 6.34. The fourth-order valence-corrected chi connectivity index (χ4v) is 1.30. The van der Waals surface area contributed by atoms with E-state index in [-0.39, 0.29) is 11.8 Å². The molecule has 2 aromatic carbocycles. The van der Waals surface area contributed by atoms with Gasteiger partial charge in [0, 0.05) is 11.9 Å². The second-order valence-corrected chi connectivity index (χ2v) is 3.81. The van der Waals surface area contributed by atoms with Gasteiger partial charge >= 0.3 is 5.97 Å². The Labute approximate surface area is 129 Å². The minimum Gasteiger partial charge on any atom is -0.465 e. The molecule has 2 rings (SSSR count). The van der Waals surface area contributed by atoms with Crippen LogP contribution in [-0.2, 0) is 4.74 Å². The topological polar surface area (TPSA) is 102 Å². The Bertz CT molecular complexity index is 548. The molecule has 0 unspecified atom stereocenters. The lowest BCUT2D eigenvalue weighted by molar-refractivity contribution is 0.0600. The minimum atomic E-state index is -0.355. The fraction of sp³-hybridized carbons (Fsp3) is 0.125. The Kier molecular flexibility index (Phi) is 9.62. The van der Waals surface area contributed by atoms with Crippen LogP contribution in [-0.4, -0.2) is 26.3 Å². The summed E-state index contributed by atoms with van der Waals surface area (Å²) >= 11 is 0. The normalized spacial score (nSPS) is 8.55. The molecule has 0 saturated carbocycles. The third-order valence-corrected chi connectivity index (χ3v) is 2.37. The lowest BCUT2D eigenvalue weighted by Gasteiger charge is -1.97. The number of ether oxygens (including phenoxy) is 1. The van der Waals surface area contributed by atoms with Crippen molar-refractivity contribution in [2.45, 2.75) is 0 Å². The van der Waals surface area contributed by atoms with E-state index in [0.717, 1.165) is 5.56 Å². The zero-order valence-corrected chi connectivity index (χ0v) is 12.5. The number of nitrogens with one attached hydrogen (secondary N) is 1. The Hall–Kier alpha value is -2.73. The van der Waals surface area contributed by atoms with Crippen LogP contribution in [0.5, 0.6) is 0 Å². The van der Waals surface area contributed by atoms with Gasteiger partial charge in [-0.25, -0.2) is 9.18 Å². The molecule has 0 saturated heterocycles. The highest BCUT2D eigenvalue weighted by Gasteiger charge is 2.02. The van der Waals surface area contributed by atoms with Crippen molar-refractivity contribution in [1.29, 1.82) is 5.41 Å². The monoisotopic (exact) mass is 305 g/mol. The lowest BCUT2D eigenvalue weighted by atomic mass is 10.1. The van der Waals surface area contributed by atoms with Gasteiger partial charge in [-0.05, 0) is 49.0 Å². The summed E-state index contributed by atoms with van der Waals surface area (Å²) in [7, 11) is 2.84. The number of hydrogen-bond acceptors (Lipinski definition) is 5. The van der Waals surface area contributed by atoms with E-state index in [4.69, 9.17) is 11.1 Å². The number of esters is 1. The average Bonchev–Trinajstić information content (AvgIpc) is 2.59. The third-order valence-electron chi connectivity index (χ3n) is 2.37. The Morgan fingerprint density at radius 2 is 1.59 bits per heavy atom. The molecule has 0 heterocycles. The number of carbonyl (C=O) groups excluding carboxylic acids is 1. The molecule has 118 valence electrons. The van der Waals surface area contributed by atoms with Crippen LogP contribution >= 0.6 is 0 Å². The molecule has 0 aliphatic carbocycles. The first-order valence-electron chi connectivity index (χ1n) is 6.34. The van der Waals surface area contributed by atoms with Crippen LogP contribution in [0.25, 0.3) is 0 Å². The Morgan fingerprint density at radius 3 is 1.95 bits per heavy atom. The highest BCUT2D eigenvalue weighted by atomic mass is 19.1. The number of anilines is 1. The summed E-state index contributed by atoms with van der Waals surface area (Å²) in [6.45, 7) is 0. The molecule has 0 amide bonds. The highest BCUT2D eigenvalue weighted by Crippen LogP contribution is 2.03. The molecule has 0 radical (unpaired) electrons. The van der Waals surface area contributed by atoms with Gasteiger partial charge < -0.3 is 21.6 Å². The SMILES string of the molecule is CN.COC(=O)c1ccc(C=N)cc1.Nc1ccc(F)cc1. The molecule has 0 aliphatic rings. The highest BCUT2D eigenvalue weighted by molar-refractivity contribution is 5.90. The molecule has 6 heteroatoms. The number of methoxy groups -OCH3 is 1. The summed E-state index contributed by atoms with van der Waals surface area (Å²) in [5.74, 6) is -0.606. The van der Waals surface area contributed by atoms with Crippen LogP contribution < -0.4 is 11.5 Å². The van der Waals surface area contributed by atoms with E-state index in [1.807, 2.05) is 0 Å². The number of rotatable bonds is 2. The predicted octanol–water partition coefficient (Wildman–Crippen LogP) is 2.45. The number of benzene rings is 2. The molecular formula is C16H20FN3O2. The van der Waals surface area contributed by atoms with Crippen molar-refractivity contribution in [2.75, 3.05) is 19.9 Å². The van der Waals surface area contributed by atoms with Gasteiger partial charge in [0.25, 0.3) is 0 Å². The van der Waals surface area contributed by atoms with Crippen molar-refractivity contribution in [3.63, 3.8) is 0 Å². The Morgan fingerprint density at radius 1 is 1.09 bits per heavy atom. The second kappa shape index (κ2) is 11.0. The maximum absolute atomic E-state index is 12.0. The predicted molar refractivity (Wildman–Crippen MR) is 86.6 cm³/mol. The molecule has 2 aromatic rings. The number of hydrogen-bond donors (Lipinski definition) is 3. The summed E-state index contributed by atoms with van der Waals surface area (Å²) in [6, 6.07) is 12.4. The van der Waals surface area contributed by atoms with Crippen molar-refractivity contribution in [3.05, 3.63) is 65.5 Å². The molecule has 5 nitrogen and oxygen atoms in total. The van der Waals surface area contributed by atoms with Gasteiger partial charge in [0.2, 0.25) is 0 Å². The summed E-state index contributed by atoms with van der Waals surface area (Å²) in [6.07, 6.45) is 1.22. The summed E-state index contributed by atoms with van der Waals surface area (Å²) in [4.78, 5) is 10.9. The number of nitrogens with two attached hydrogens (primary N) is 2. The van der Waals surface area contributed by atoms with Gasteiger partial charge in [0.15, 0.2) is 0 Å². The van der Waals surface area contributed by atoms with Crippen molar-refractivity contribution >= 4 is 17.9 Å². The molecule has 22 heavy (non-hydrogen) atoms. The van der Waals surface area contributed by atoms with Gasteiger partial charge in [-0.1, -0.05) is 12.1 Å². The van der Waals surface area contributed by atoms with E-state index in [1.54, 1.807) is 24.3 Å². The van der Waals surface area contributed by atoms with Gasteiger partial charge in [-0.3, -0.25) is 0 Å². The van der Waals surface area contributed by atoms with Gasteiger partial charge in [0.1, 0.15) is 5.82 Å². The van der Waals surface area contributed by atoms with E-state index in [9.17, 15) is 9.18 Å². The fourth-order valence-electron chi connectivity index (χ4n) is 1.30. The van der Waals surface area contributed by atoms with Crippen LogP contribution in [0.1, 0.15) is 15.9 Å². The molecule has 0 aliphatic heterocycles. The van der Waals surface area contributed by atoms with E-state index in [1.165, 1.54) is 44.6 Å². The van der Waals surface area contributed by atoms with Gasteiger partial charge in [0.05, 0.1) is 12.7 Å². The van der Waals surface area contributed by atoms with Crippen LogP contribution in [0, 0.1) is 11.2 Å². The van der Waals surface area contributed by atoms with Gasteiger partial charge in [-0.15, -0.1) is 0 Å². The summed E-state index contributed by atoms with van der Waals surface area (Å²) < 4.78 is 16.5. The maximum Gasteiger partial charge on any atom is 0.337 e. The molecule has 0 spiro atoms. The molecule has 0 aromatic heterocycles. The Balaban J connectivity index is 0.000000382. The smallest absolute Gasteiger partial charge is 0.337 e. The van der Waals surface area contributed by atoms with E-state index >= 15 is 0 Å². The average molecular weight is 305 g/mol. The van der Waals surface area contributed by atoms with Crippen molar-refractivity contribution < 1.29 is 13.9 Å². The summed E-state index contributed by atoms with van der Waals surface area (Å²) in [5.41, 5.74) is 11.6. The molecule has 5 N–H and O–H groups in total. The zero-order chi connectivity index (χ0) is 17.0. The summed E-state index contributed by atoms with van der Waals surface area (Å²) in [5, 5.41) is 6.93. The van der Waals surface area contributed by atoms with Crippen LogP contribution in [0.2, 0.25) is 0 Å². The van der Waals surface area contributed by atoms with Crippen molar-refractivity contribution in [3.8, 4) is 0 Å².